The monoisotopic (exact) mass is 436 g/mol. The number of carboxylic acids is 1. The van der Waals surface area contributed by atoms with Crippen molar-refractivity contribution < 1.29 is 23.9 Å². The van der Waals surface area contributed by atoms with E-state index in [0.29, 0.717) is 17.1 Å². The number of hydrogen-bond donors (Lipinski definition) is 1. The summed E-state index contributed by atoms with van der Waals surface area (Å²) in [6.45, 7) is 0. The number of furan rings is 1. The minimum absolute atomic E-state index is 0.0257. The van der Waals surface area contributed by atoms with Gasteiger partial charge in [-0.15, -0.1) is 0 Å². The summed E-state index contributed by atoms with van der Waals surface area (Å²) in [4.78, 5) is 37.2. The molecule has 2 bridgehead atoms. The Labute approximate surface area is 182 Å². The zero-order chi connectivity index (χ0) is 21.5. The van der Waals surface area contributed by atoms with Crippen molar-refractivity contribution in [2.45, 2.75) is 12.8 Å². The summed E-state index contributed by atoms with van der Waals surface area (Å²) in [5.74, 6) is -1.10. The van der Waals surface area contributed by atoms with Crippen LogP contribution in [-0.4, -0.2) is 34.1 Å². The molecule has 2 heterocycles. The Morgan fingerprint density at radius 1 is 1.13 bits per heavy atom. The first-order valence-electron chi connectivity index (χ1n) is 10.1. The number of halogens is 1. The molecule has 4 aliphatic rings. The Morgan fingerprint density at radius 2 is 1.81 bits per heavy atom. The van der Waals surface area contributed by atoms with E-state index in [0.717, 1.165) is 17.9 Å². The van der Waals surface area contributed by atoms with Gasteiger partial charge >= 0.3 is 5.97 Å². The van der Waals surface area contributed by atoms with Crippen molar-refractivity contribution in [3.63, 3.8) is 0 Å². The van der Waals surface area contributed by atoms with Crippen molar-refractivity contribution in [2.75, 3.05) is 0 Å². The number of aromatic carboxylic acids is 1. The molecule has 0 unspecified atom stereocenters. The molecule has 1 aromatic carbocycles. The van der Waals surface area contributed by atoms with Gasteiger partial charge in [-0.25, -0.2) is 4.79 Å². The molecular formula is C23H17ClN2O5. The molecule has 3 aliphatic carbocycles. The highest BCUT2D eigenvalue weighted by Crippen LogP contribution is 2.73. The van der Waals surface area contributed by atoms with Crippen LogP contribution in [0.4, 0.5) is 0 Å². The second-order valence-corrected chi connectivity index (χ2v) is 9.06. The van der Waals surface area contributed by atoms with Crippen LogP contribution in [0.25, 0.3) is 11.3 Å². The smallest absolute Gasteiger partial charge is 0.337 e. The Bertz CT molecular complexity index is 1190. The highest BCUT2D eigenvalue weighted by Gasteiger charge is 2.73. The van der Waals surface area contributed by atoms with Crippen molar-refractivity contribution in [3.05, 3.63) is 58.8 Å². The lowest BCUT2D eigenvalue weighted by atomic mass is 9.85. The average Bonchev–Trinajstić information content (AvgIpc) is 3.03. The number of allylic oxidation sites excluding steroid dienone is 2. The molecule has 31 heavy (non-hydrogen) atoms. The fraction of sp³-hybridized carbons (Fsp3) is 0.304. The van der Waals surface area contributed by atoms with Crippen LogP contribution in [0.5, 0.6) is 0 Å². The van der Waals surface area contributed by atoms with Gasteiger partial charge in [0, 0.05) is 5.56 Å². The molecule has 4 atom stereocenters. The molecule has 7 nitrogen and oxygen atoms in total. The van der Waals surface area contributed by atoms with Crippen molar-refractivity contribution in [3.8, 4) is 11.3 Å². The van der Waals surface area contributed by atoms with Gasteiger partial charge in [-0.3, -0.25) is 9.59 Å². The van der Waals surface area contributed by atoms with E-state index >= 15 is 0 Å². The van der Waals surface area contributed by atoms with E-state index in [9.17, 15) is 19.5 Å². The zero-order valence-electron chi connectivity index (χ0n) is 16.2. The van der Waals surface area contributed by atoms with E-state index < -0.39 is 5.97 Å². The molecule has 6 rings (SSSR count). The molecule has 2 amide bonds. The first-order chi connectivity index (χ1) is 14.9. The maximum absolute atomic E-state index is 12.9. The highest BCUT2D eigenvalue weighted by atomic mass is 35.5. The predicted molar refractivity (Wildman–Crippen MR) is 110 cm³/mol. The van der Waals surface area contributed by atoms with Crippen LogP contribution in [0.2, 0.25) is 5.02 Å². The second kappa shape index (κ2) is 6.17. The first kappa shape index (κ1) is 18.6. The quantitative estimate of drug-likeness (QED) is 0.446. The minimum Gasteiger partial charge on any atom is -0.478 e. The van der Waals surface area contributed by atoms with Crippen LogP contribution in [0.3, 0.4) is 0 Å². The number of carbonyl (C=O) groups is 3. The maximum atomic E-state index is 12.9. The summed E-state index contributed by atoms with van der Waals surface area (Å²) in [6, 6.07) is 7.88. The number of rotatable bonds is 4. The number of imide groups is 1. The fourth-order valence-electron chi connectivity index (χ4n) is 5.71. The van der Waals surface area contributed by atoms with Crippen molar-refractivity contribution >= 4 is 35.6 Å². The number of amides is 2. The number of nitrogens with zero attached hydrogens (tertiary/aromatic N) is 2. The van der Waals surface area contributed by atoms with Gasteiger partial charge in [-0.1, -0.05) is 23.8 Å². The van der Waals surface area contributed by atoms with Crippen molar-refractivity contribution in [1.29, 1.82) is 0 Å². The molecule has 1 aromatic heterocycles. The van der Waals surface area contributed by atoms with E-state index in [1.165, 1.54) is 18.3 Å². The Kier molecular flexibility index (Phi) is 3.69. The van der Waals surface area contributed by atoms with Crippen LogP contribution in [0, 0.1) is 29.1 Å². The van der Waals surface area contributed by atoms with Gasteiger partial charge in [-0.2, -0.15) is 10.1 Å². The number of fused-ring (bicyclic) bond motifs is 3. The van der Waals surface area contributed by atoms with Gasteiger partial charge in [0.1, 0.15) is 11.5 Å². The Hall–Kier alpha value is -3.19. The fourth-order valence-corrected chi connectivity index (χ4v) is 5.91. The lowest BCUT2D eigenvalue weighted by Gasteiger charge is -2.18. The number of carbonyl (C=O) groups excluding carboxylic acids is 2. The Morgan fingerprint density at radius 3 is 2.42 bits per heavy atom. The molecule has 1 N–H and O–H groups in total. The summed E-state index contributed by atoms with van der Waals surface area (Å²) >= 11 is 5.91. The van der Waals surface area contributed by atoms with Gasteiger partial charge in [-0.05, 0) is 60.4 Å². The molecule has 1 spiro atoms. The number of carboxylic acid groups (broad SMARTS) is 1. The molecule has 1 saturated heterocycles. The summed E-state index contributed by atoms with van der Waals surface area (Å²) in [7, 11) is 0. The van der Waals surface area contributed by atoms with Crippen LogP contribution < -0.4 is 0 Å². The molecule has 156 valence electrons. The number of hydrazone groups is 1. The third-order valence-electron chi connectivity index (χ3n) is 7.24. The van der Waals surface area contributed by atoms with Gasteiger partial charge in [0.2, 0.25) is 0 Å². The second-order valence-electron chi connectivity index (χ2n) is 8.66. The van der Waals surface area contributed by atoms with Crippen LogP contribution >= 0.6 is 11.6 Å². The Balaban J connectivity index is 1.23. The number of hydrogen-bond acceptors (Lipinski definition) is 5. The molecule has 1 aliphatic heterocycles. The van der Waals surface area contributed by atoms with Gasteiger partial charge in [0.25, 0.3) is 11.8 Å². The molecule has 3 fully saturated rings. The van der Waals surface area contributed by atoms with Gasteiger partial charge in [0.15, 0.2) is 0 Å². The van der Waals surface area contributed by atoms with E-state index in [2.05, 4.69) is 17.3 Å². The van der Waals surface area contributed by atoms with Crippen molar-refractivity contribution in [1.82, 2.24) is 5.01 Å². The van der Waals surface area contributed by atoms with E-state index in [-0.39, 0.29) is 51.5 Å². The molecule has 8 heteroatoms. The highest BCUT2D eigenvalue weighted by molar-refractivity contribution is 6.33. The standard InChI is InChI=1S/C23H17ClN2O5/c24-16-5-1-11(9-13(16)22(29)30)17-6-2-12(31-17)10-25-26-20(27)18-14-3-4-15(19(18)21(26)28)23(14)7-8-23/h1-6,9-10,14-15,18-19H,7-8H2,(H,29,30)/b25-10-/t14-,15-,18-,19+/m0/s1. The lowest BCUT2D eigenvalue weighted by Crippen LogP contribution is -2.30. The zero-order valence-corrected chi connectivity index (χ0v) is 17.0. The summed E-state index contributed by atoms with van der Waals surface area (Å²) < 4.78 is 5.72. The lowest BCUT2D eigenvalue weighted by molar-refractivity contribution is -0.141. The predicted octanol–water partition coefficient (Wildman–Crippen LogP) is 3.83. The summed E-state index contributed by atoms with van der Waals surface area (Å²) in [6.07, 6.45) is 7.77. The van der Waals surface area contributed by atoms with Crippen LogP contribution in [0.1, 0.15) is 29.0 Å². The maximum Gasteiger partial charge on any atom is 0.337 e. The molecular weight excluding hydrogens is 420 g/mol. The topological polar surface area (TPSA) is 100 Å². The van der Waals surface area contributed by atoms with Gasteiger partial charge in [0.05, 0.1) is 28.6 Å². The van der Waals surface area contributed by atoms with E-state index in [1.807, 2.05) is 0 Å². The van der Waals surface area contributed by atoms with E-state index in [4.69, 9.17) is 16.0 Å². The van der Waals surface area contributed by atoms with Crippen molar-refractivity contribution in [2.24, 2.45) is 34.2 Å². The third-order valence-corrected chi connectivity index (χ3v) is 7.57. The van der Waals surface area contributed by atoms with Crippen LogP contribution in [0.15, 0.2) is 52.0 Å². The van der Waals surface area contributed by atoms with Gasteiger partial charge < -0.3 is 9.52 Å². The SMILES string of the molecule is O=C(O)c1cc(-c2ccc(/C=N\N3C(=O)[C@@H]4[C@H](C3=O)[C@@H]3C=C[C@@H]4C34CC4)o2)ccc1Cl. The van der Waals surface area contributed by atoms with Crippen LogP contribution in [-0.2, 0) is 9.59 Å². The third kappa shape index (κ3) is 2.47. The molecule has 2 saturated carbocycles. The summed E-state index contributed by atoms with van der Waals surface area (Å²) in [5.41, 5.74) is 0.670. The minimum atomic E-state index is -1.13. The molecule has 0 radical (unpaired) electrons. The summed E-state index contributed by atoms with van der Waals surface area (Å²) in [5, 5.41) is 14.5. The normalized spacial score (nSPS) is 29.5. The molecule has 2 aromatic rings. The first-order valence-corrected chi connectivity index (χ1v) is 10.5. The largest absolute Gasteiger partial charge is 0.478 e. The number of benzene rings is 1. The van der Waals surface area contributed by atoms with E-state index in [1.54, 1.807) is 18.2 Å². The average molecular weight is 437 g/mol.